The molecule has 0 N–H and O–H groups in total. The third kappa shape index (κ3) is 4.53. The number of hydrogen-bond donors (Lipinski definition) is 0. The summed E-state index contributed by atoms with van der Waals surface area (Å²) in [6.07, 6.45) is 5.96. The Kier molecular flexibility index (Phi) is 5.84. The van der Waals surface area contributed by atoms with E-state index in [9.17, 15) is 8.78 Å². The van der Waals surface area contributed by atoms with Gasteiger partial charge in [0.25, 0.3) is 5.92 Å². The minimum absolute atomic E-state index is 0.0664. The quantitative estimate of drug-likeness (QED) is 0.516. The van der Waals surface area contributed by atoms with Crippen LogP contribution in [0.3, 0.4) is 0 Å². The Morgan fingerprint density at radius 1 is 1.18 bits per heavy atom. The first-order valence-corrected chi connectivity index (χ1v) is 7.05. The van der Waals surface area contributed by atoms with E-state index in [0.29, 0.717) is 18.9 Å². The Morgan fingerprint density at radius 3 is 2.53 bits per heavy atom. The molecule has 2 atom stereocenters. The molecular weight excluding hydrogens is 220 g/mol. The predicted molar refractivity (Wildman–Crippen MR) is 68.5 cm³/mol. The SMILES string of the molecule is CCCCCN(C)[C@@H]1CCC(C)C(F)(F)CC1. The molecule has 0 aliphatic heterocycles. The van der Waals surface area contributed by atoms with E-state index in [1.807, 2.05) is 0 Å². The van der Waals surface area contributed by atoms with Crippen molar-refractivity contribution in [1.82, 2.24) is 4.90 Å². The molecule has 0 aromatic carbocycles. The van der Waals surface area contributed by atoms with Crippen molar-refractivity contribution in [2.45, 2.75) is 70.8 Å². The summed E-state index contributed by atoms with van der Waals surface area (Å²) in [6.45, 7) is 4.94. The molecule has 3 heteroatoms. The largest absolute Gasteiger partial charge is 0.303 e. The second kappa shape index (κ2) is 6.67. The fourth-order valence-corrected chi connectivity index (χ4v) is 2.64. The first kappa shape index (κ1) is 14.9. The first-order valence-electron chi connectivity index (χ1n) is 7.05. The average Bonchev–Trinajstić information content (AvgIpc) is 2.40. The topological polar surface area (TPSA) is 3.24 Å². The van der Waals surface area contributed by atoms with E-state index in [-0.39, 0.29) is 6.42 Å². The normalized spacial score (nSPS) is 29.3. The molecule has 1 fully saturated rings. The average molecular weight is 247 g/mol. The predicted octanol–water partition coefficient (Wildman–Crippen LogP) is 4.32. The molecule has 1 unspecified atom stereocenters. The molecule has 17 heavy (non-hydrogen) atoms. The van der Waals surface area contributed by atoms with E-state index in [2.05, 4.69) is 18.9 Å². The second-order valence-corrected chi connectivity index (χ2v) is 5.62. The van der Waals surface area contributed by atoms with Crippen LogP contribution < -0.4 is 0 Å². The molecule has 0 bridgehead atoms. The highest BCUT2D eigenvalue weighted by molar-refractivity contribution is 4.83. The van der Waals surface area contributed by atoms with Gasteiger partial charge >= 0.3 is 0 Å². The number of hydrogen-bond acceptors (Lipinski definition) is 1. The van der Waals surface area contributed by atoms with Crippen molar-refractivity contribution in [3.63, 3.8) is 0 Å². The van der Waals surface area contributed by atoms with E-state index in [1.165, 1.54) is 19.3 Å². The van der Waals surface area contributed by atoms with Gasteiger partial charge in [0.05, 0.1) is 0 Å². The molecule has 102 valence electrons. The van der Waals surface area contributed by atoms with E-state index >= 15 is 0 Å². The number of halogens is 2. The summed E-state index contributed by atoms with van der Waals surface area (Å²) in [7, 11) is 2.09. The van der Waals surface area contributed by atoms with Crippen LogP contribution in [0.4, 0.5) is 8.78 Å². The fourth-order valence-electron chi connectivity index (χ4n) is 2.64. The van der Waals surface area contributed by atoms with Crippen LogP contribution >= 0.6 is 0 Å². The number of nitrogens with zero attached hydrogens (tertiary/aromatic N) is 1. The molecule has 1 aliphatic rings. The van der Waals surface area contributed by atoms with Crippen molar-refractivity contribution < 1.29 is 8.78 Å². The van der Waals surface area contributed by atoms with Crippen molar-refractivity contribution in [3.05, 3.63) is 0 Å². The Hall–Kier alpha value is -0.180. The minimum Gasteiger partial charge on any atom is -0.303 e. The van der Waals surface area contributed by atoms with E-state index in [1.54, 1.807) is 6.92 Å². The van der Waals surface area contributed by atoms with Gasteiger partial charge in [-0.25, -0.2) is 8.78 Å². The maximum absolute atomic E-state index is 13.6. The summed E-state index contributed by atoms with van der Waals surface area (Å²) in [4.78, 5) is 2.30. The van der Waals surface area contributed by atoms with Crippen molar-refractivity contribution in [2.75, 3.05) is 13.6 Å². The number of alkyl halides is 2. The zero-order chi connectivity index (χ0) is 12.9. The summed E-state index contributed by atoms with van der Waals surface area (Å²) in [5.74, 6) is -2.89. The highest BCUT2D eigenvalue weighted by Gasteiger charge is 2.39. The summed E-state index contributed by atoms with van der Waals surface area (Å²) in [5.41, 5.74) is 0. The minimum atomic E-state index is -2.45. The summed E-state index contributed by atoms with van der Waals surface area (Å²) in [5, 5.41) is 0. The molecule has 0 aromatic heterocycles. The molecular formula is C14H27F2N. The standard InChI is InChI=1S/C14H27F2N/c1-4-5-6-11-17(3)13-8-7-12(2)14(15,16)10-9-13/h12-13H,4-11H2,1-3H3/t12?,13-/m1/s1. The molecule has 0 radical (unpaired) electrons. The van der Waals surface area contributed by atoms with Crippen LogP contribution in [-0.4, -0.2) is 30.5 Å². The molecule has 1 nitrogen and oxygen atoms in total. The fraction of sp³-hybridized carbons (Fsp3) is 1.00. The molecule has 1 saturated carbocycles. The monoisotopic (exact) mass is 247 g/mol. The Morgan fingerprint density at radius 2 is 1.88 bits per heavy atom. The van der Waals surface area contributed by atoms with Gasteiger partial charge in [-0.05, 0) is 39.3 Å². The summed E-state index contributed by atoms with van der Waals surface area (Å²) >= 11 is 0. The van der Waals surface area contributed by atoms with Gasteiger partial charge in [-0.3, -0.25) is 0 Å². The van der Waals surface area contributed by atoms with Gasteiger partial charge in [0.2, 0.25) is 0 Å². The summed E-state index contributed by atoms with van der Waals surface area (Å²) < 4.78 is 27.2. The van der Waals surface area contributed by atoms with Crippen LogP contribution in [0.15, 0.2) is 0 Å². The van der Waals surface area contributed by atoms with E-state index in [0.717, 1.165) is 13.0 Å². The maximum Gasteiger partial charge on any atom is 0.250 e. The van der Waals surface area contributed by atoms with Crippen molar-refractivity contribution in [2.24, 2.45) is 5.92 Å². The van der Waals surface area contributed by atoms with Gasteiger partial charge in [0, 0.05) is 18.4 Å². The molecule has 0 saturated heterocycles. The van der Waals surface area contributed by atoms with Crippen LogP contribution in [0.5, 0.6) is 0 Å². The number of rotatable bonds is 5. The van der Waals surface area contributed by atoms with Gasteiger partial charge in [0.1, 0.15) is 0 Å². The van der Waals surface area contributed by atoms with Gasteiger partial charge in [-0.2, -0.15) is 0 Å². The number of unbranched alkanes of at least 4 members (excludes halogenated alkanes) is 2. The van der Waals surface area contributed by atoms with Crippen LogP contribution in [0.1, 0.15) is 58.8 Å². The lowest BCUT2D eigenvalue weighted by molar-refractivity contribution is -0.0572. The van der Waals surface area contributed by atoms with Crippen LogP contribution in [-0.2, 0) is 0 Å². The Balaban J connectivity index is 2.39. The molecule has 1 rings (SSSR count). The third-order valence-corrected chi connectivity index (χ3v) is 4.20. The lowest BCUT2D eigenvalue weighted by Gasteiger charge is -2.27. The Labute approximate surface area is 105 Å². The zero-order valence-electron chi connectivity index (χ0n) is 11.5. The summed E-state index contributed by atoms with van der Waals surface area (Å²) in [6, 6.07) is 0.364. The maximum atomic E-state index is 13.6. The molecule has 0 aromatic rings. The zero-order valence-corrected chi connectivity index (χ0v) is 11.5. The van der Waals surface area contributed by atoms with Crippen molar-refractivity contribution in [1.29, 1.82) is 0 Å². The van der Waals surface area contributed by atoms with Gasteiger partial charge in [-0.1, -0.05) is 26.7 Å². The first-order chi connectivity index (χ1) is 7.97. The van der Waals surface area contributed by atoms with Gasteiger partial charge in [0.15, 0.2) is 0 Å². The van der Waals surface area contributed by atoms with Crippen molar-refractivity contribution >= 4 is 0 Å². The highest BCUT2D eigenvalue weighted by atomic mass is 19.3. The molecule has 0 spiro atoms. The lowest BCUT2D eigenvalue weighted by atomic mass is 9.99. The Bertz CT molecular complexity index is 218. The third-order valence-electron chi connectivity index (χ3n) is 4.20. The van der Waals surface area contributed by atoms with Gasteiger partial charge in [-0.15, -0.1) is 0 Å². The van der Waals surface area contributed by atoms with E-state index < -0.39 is 11.8 Å². The second-order valence-electron chi connectivity index (χ2n) is 5.62. The molecule has 0 heterocycles. The van der Waals surface area contributed by atoms with Crippen molar-refractivity contribution in [3.8, 4) is 0 Å². The van der Waals surface area contributed by atoms with Crippen LogP contribution in [0, 0.1) is 5.92 Å². The molecule has 0 amide bonds. The molecule has 1 aliphatic carbocycles. The smallest absolute Gasteiger partial charge is 0.250 e. The highest BCUT2D eigenvalue weighted by Crippen LogP contribution is 2.37. The van der Waals surface area contributed by atoms with Crippen LogP contribution in [0.25, 0.3) is 0 Å². The van der Waals surface area contributed by atoms with Crippen LogP contribution in [0.2, 0.25) is 0 Å². The lowest BCUT2D eigenvalue weighted by Crippen LogP contribution is -2.32. The van der Waals surface area contributed by atoms with Gasteiger partial charge < -0.3 is 4.90 Å². The van der Waals surface area contributed by atoms with E-state index in [4.69, 9.17) is 0 Å².